The molecule has 0 spiro atoms. The maximum atomic E-state index is 5.27. The molecular weight excluding hydrogens is 268 g/mol. The number of piperidine rings is 1. The first-order valence-corrected chi connectivity index (χ1v) is 7.70. The van der Waals surface area contributed by atoms with E-state index in [2.05, 4.69) is 20.2 Å². The highest BCUT2D eigenvalue weighted by atomic mass is 16.5. The summed E-state index contributed by atoms with van der Waals surface area (Å²) >= 11 is 0. The minimum absolute atomic E-state index is 0.407. The fourth-order valence-corrected chi connectivity index (χ4v) is 2.78. The van der Waals surface area contributed by atoms with Gasteiger partial charge in [-0.25, -0.2) is 4.98 Å². The Balaban J connectivity index is 1.64. The lowest BCUT2D eigenvalue weighted by molar-refractivity contribution is 0.177. The van der Waals surface area contributed by atoms with Crippen molar-refractivity contribution in [3.05, 3.63) is 11.9 Å². The quantitative estimate of drug-likeness (QED) is 0.854. The van der Waals surface area contributed by atoms with E-state index < -0.39 is 0 Å². The van der Waals surface area contributed by atoms with Crippen LogP contribution in [0, 0.1) is 0 Å². The van der Waals surface area contributed by atoms with E-state index in [1.54, 1.807) is 14.2 Å². The average Bonchev–Trinajstić information content (AvgIpc) is 3.32. The van der Waals surface area contributed by atoms with Crippen LogP contribution in [0.2, 0.25) is 0 Å². The minimum Gasteiger partial charge on any atom is -0.481 e. The standard InChI is InChI=1S/C15H24N4O2/c1-20-10-13-17-14(9-15(18-13)21-2)19-7-5-12(6-8-19)16-11-3-4-11/h9,11-12,16H,3-8,10H2,1-2H3. The summed E-state index contributed by atoms with van der Waals surface area (Å²) in [6.07, 6.45) is 5.04. The third-order valence-corrected chi connectivity index (χ3v) is 4.09. The molecular formula is C15H24N4O2. The lowest BCUT2D eigenvalue weighted by Crippen LogP contribution is -2.43. The van der Waals surface area contributed by atoms with Crippen LogP contribution in [0.4, 0.5) is 5.82 Å². The molecule has 2 aliphatic rings. The van der Waals surface area contributed by atoms with Crippen LogP contribution in [0.15, 0.2) is 6.07 Å². The molecule has 21 heavy (non-hydrogen) atoms. The van der Waals surface area contributed by atoms with Gasteiger partial charge in [-0.1, -0.05) is 0 Å². The Kier molecular flexibility index (Phi) is 4.55. The summed E-state index contributed by atoms with van der Waals surface area (Å²) in [6, 6.07) is 3.36. The molecule has 0 radical (unpaired) electrons. The molecule has 6 heteroatoms. The van der Waals surface area contributed by atoms with Crippen LogP contribution in [0.1, 0.15) is 31.5 Å². The summed E-state index contributed by atoms with van der Waals surface area (Å²) in [6.45, 7) is 2.46. The summed E-state index contributed by atoms with van der Waals surface area (Å²) in [5.41, 5.74) is 0. The van der Waals surface area contributed by atoms with Crippen molar-refractivity contribution in [2.45, 2.75) is 44.4 Å². The highest BCUT2D eigenvalue weighted by Crippen LogP contribution is 2.25. The zero-order valence-corrected chi connectivity index (χ0v) is 12.8. The summed E-state index contributed by atoms with van der Waals surface area (Å²) < 4.78 is 10.4. The molecule has 116 valence electrons. The van der Waals surface area contributed by atoms with Gasteiger partial charge in [0.15, 0.2) is 5.82 Å². The first-order chi connectivity index (χ1) is 10.3. The number of anilines is 1. The van der Waals surface area contributed by atoms with E-state index in [1.165, 1.54) is 25.7 Å². The fraction of sp³-hybridized carbons (Fsp3) is 0.733. The largest absolute Gasteiger partial charge is 0.481 e. The first-order valence-electron chi connectivity index (χ1n) is 7.70. The number of rotatable bonds is 6. The van der Waals surface area contributed by atoms with E-state index in [4.69, 9.17) is 9.47 Å². The second-order valence-electron chi connectivity index (χ2n) is 5.82. The van der Waals surface area contributed by atoms with Crippen molar-refractivity contribution in [3.63, 3.8) is 0 Å². The number of hydrogen-bond donors (Lipinski definition) is 1. The average molecular weight is 292 g/mol. The van der Waals surface area contributed by atoms with Crippen LogP contribution in [0.3, 0.4) is 0 Å². The van der Waals surface area contributed by atoms with Gasteiger partial charge in [-0.3, -0.25) is 0 Å². The monoisotopic (exact) mass is 292 g/mol. The molecule has 2 fully saturated rings. The molecule has 6 nitrogen and oxygen atoms in total. The van der Waals surface area contributed by atoms with Gasteiger partial charge in [0.1, 0.15) is 12.4 Å². The van der Waals surface area contributed by atoms with Crippen molar-refractivity contribution in [2.24, 2.45) is 0 Å². The van der Waals surface area contributed by atoms with Gasteiger partial charge in [0, 0.05) is 38.3 Å². The van der Waals surface area contributed by atoms with Crippen LogP contribution < -0.4 is 15.0 Å². The van der Waals surface area contributed by atoms with Crippen molar-refractivity contribution in [1.82, 2.24) is 15.3 Å². The van der Waals surface area contributed by atoms with Gasteiger partial charge in [-0.15, -0.1) is 0 Å². The molecule has 1 aliphatic heterocycles. The molecule has 3 rings (SSSR count). The lowest BCUT2D eigenvalue weighted by Gasteiger charge is -2.33. The third kappa shape index (κ3) is 3.83. The predicted molar refractivity (Wildman–Crippen MR) is 80.7 cm³/mol. The molecule has 1 aliphatic carbocycles. The topological polar surface area (TPSA) is 59.5 Å². The number of hydrogen-bond acceptors (Lipinski definition) is 6. The van der Waals surface area contributed by atoms with Gasteiger partial charge in [0.25, 0.3) is 0 Å². The van der Waals surface area contributed by atoms with Crippen molar-refractivity contribution < 1.29 is 9.47 Å². The zero-order chi connectivity index (χ0) is 14.7. The normalized spacial score (nSPS) is 19.8. The van der Waals surface area contributed by atoms with Gasteiger partial charge >= 0.3 is 0 Å². The van der Waals surface area contributed by atoms with Crippen molar-refractivity contribution in [1.29, 1.82) is 0 Å². The highest BCUT2D eigenvalue weighted by molar-refractivity contribution is 5.42. The van der Waals surface area contributed by atoms with Gasteiger partial charge in [0.2, 0.25) is 5.88 Å². The second kappa shape index (κ2) is 6.58. The number of aromatic nitrogens is 2. The molecule has 0 atom stereocenters. The Bertz CT molecular complexity index is 471. The Morgan fingerprint density at radius 3 is 2.48 bits per heavy atom. The van der Waals surface area contributed by atoms with Gasteiger partial charge in [-0.05, 0) is 25.7 Å². The van der Waals surface area contributed by atoms with Gasteiger partial charge in [-0.2, -0.15) is 4.98 Å². The summed E-state index contributed by atoms with van der Waals surface area (Å²) in [7, 11) is 3.28. The van der Waals surface area contributed by atoms with Gasteiger partial charge in [0.05, 0.1) is 7.11 Å². The molecule has 1 saturated heterocycles. The Morgan fingerprint density at radius 1 is 1.14 bits per heavy atom. The van der Waals surface area contributed by atoms with Crippen LogP contribution in [-0.4, -0.2) is 49.4 Å². The molecule has 1 N–H and O–H groups in total. The molecule has 0 unspecified atom stereocenters. The molecule has 1 aromatic rings. The molecule has 1 aromatic heterocycles. The second-order valence-corrected chi connectivity index (χ2v) is 5.82. The maximum absolute atomic E-state index is 5.27. The summed E-state index contributed by atoms with van der Waals surface area (Å²) in [4.78, 5) is 11.2. The Morgan fingerprint density at radius 2 is 1.86 bits per heavy atom. The van der Waals surface area contributed by atoms with E-state index in [-0.39, 0.29) is 0 Å². The van der Waals surface area contributed by atoms with Crippen molar-refractivity contribution in [3.8, 4) is 5.88 Å². The van der Waals surface area contributed by atoms with E-state index in [9.17, 15) is 0 Å². The predicted octanol–water partition coefficient (Wildman–Crippen LogP) is 1.35. The molecule has 0 amide bonds. The minimum atomic E-state index is 0.407. The Labute approximate surface area is 125 Å². The smallest absolute Gasteiger partial charge is 0.218 e. The van der Waals surface area contributed by atoms with E-state index >= 15 is 0 Å². The molecule has 0 bridgehead atoms. The zero-order valence-electron chi connectivity index (χ0n) is 12.8. The Hall–Kier alpha value is -1.40. The maximum Gasteiger partial charge on any atom is 0.218 e. The molecule has 2 heterocycles. The van der Waals surface area contributed by atoms with E-state index in [0.29, 0.717) is 24.4 Å². The van der Waals surface area contributed by atoms with E-state index in [1.807, 2.05) is 6.07 Å². The summed E-state index contributed by atoms with van der Waals surface area (Å²) in [5, 5.41) is 3.71. The lowest BCUT2D eigenvalue weighted by atomic mass is 10.1. The SMILES string of the molecule is COCc1nc(OC)cc(N2CCC(NC3CC3)CC2)n1. The van der Waals surface area contributed by atoms with Crippen LogP contribution in [-0.2, 0) is 11.3 Å². The van der Waals surface area contributed by atoms with Crippen LogP contribution >= 0.6 is 0 Å². The number of methoxy groups -OCH3 is 2. The van der Waals surface area contributed by atoms with Crippen molar-refractivity contribution in [2.75, 3.05) is 32.2 Å². The van der Waals surface area contributed by atoms with E-state index in [0.717, 1.165) is 24.9 Å². The van der Waals surface area contributed by atoms with Crippen LogP contribution in [0.5, 0.6) is 5.88 Å². The highest BCUT2D eigenvalue weighted by Gasteiger charge is 2.27. The third-order valence-electron chi connectivity index (χ3n) is 4.09. The molecule has 1 saturated carbocycles. The number of nitrogens with one attached hydrogen (secondary N) is 1. The first kappa shape index (κ1) is 14.5. The molecule has 0 aromatic carbocycles. The summed E-state index contributed by atoms with van der Waals surface area (Å²) in [5.74, 6) is 2.22. The van der Waals surface area contributed by atoms with Crippen LogP contribution in [0.25, 0.3) is 0 Å². The van der Waals surface area contributed by atoms with Gasteiger partial charge < -0.3 is 19.7 Å². The van der Waals surface area contributed by atoms with Crippen molar-refractivity contribution >= 4 is 5.82 Å². The fourth-order valence-electron chi connectivity index (χ4n) is 2.78. The number of ether oxygens (including phenoxy) is 2. The number of nitrogens with zero attached hydrogens (tertiary/aromatic N) is 3.